The molecule has 1 saturated heterocycles. The molecule has 1 aliphatic heterocycles. The molecule has 6 heteroatoms. The van der Waals surface area contributed by atoms with Crippen molar-refractivity contribution in [1.82, 2.24) is 9.88 Å². The fourth-order valence-electron chi connectivity index (χ4n) is 3.10. The van der Waals surface area contributed by atoms with Gasteiger partial charge in [-0.05, 0) is 55.0 Å². The molecular formula is C21H16ClN3O2. The van der Waals surface area contributed by atoms with Gasteiger partial charge < -0.3 is 9.88 Å². The van der Waals surface area contributed by atoms with Crippen LogP contribution in [0.3, 0.4) is 0 Å². The number of nitrogens with one attached hydrogen (secondary N) is 1. The summed E-state index contributed by atoms with van der Waals surface area (Å²) in [6.07, 6.45) is 3.60. The van der Waals surface area contributed by atoms with E-state index in [2.05, 4.69) is 5.32 Å². The van der Waals surface area contributed by atoms with Crippen molar-refractivity contribution in [3.05, 3.63) is 88.8 Å². The summed E-state index contributed by atoms with van der Waals surface area (Å²) in [7, 11) is 0. The van der Waals surface area contributed by atoms with E-state index < -0.39 is 11.9 Å². The Bertz CT molecular complexity index is 1080. The molecule has 0 saturated carbocycles. The molecule has 4 rings (SSSR count). The number of nitrogens with zero attached hydrogens (tertiary/aromatic N) is 2. The van der Waals surface area contributed by atoms with Gasteiger partial charge >= 0.3 is 6.03 Å². The van der Waals surface area contributed by atoms with Crippen LogP contribution in [0.15, 0.2) is 72.6 Å². The molecule has 0 radical (unpaired) electrons. The minimum Gasteiger partial charge on any atom is -0.317 e. The standard InChI is InChI=1S/C21H16ClN3O2/c1-14-6-2-3-10-19(14)24-11-5-9-16(24)13-18-20(26)25(21(27)23-18)17-8-4-7-15(22)12-17/h2-13H,1H3,(H,23,27). The Kier molecular flexibility index (Phi) is 4.30. The van der Waals surface area contributed by atoms with Gasteiger partial charge in [-0.2, -0.15) is 0 Å². The van der Waals surface area contributed by atoms with Crippen LogP contribution >= 0.6 is 11.6 Å². The van der Waals surface area contributed by atoms with Crippen molar-refractivity contribution in [2.45, 2.75) is 6.92 Å². The number of anilines is 1. The van der Waals surface area contributed by atoms with E-state index in [9.17, 15) is 9.59 Å². The van der Waals surface area contributed by atoms with Crippen LogP contribution in [0.5, 0.6) is 0 Å². The van der Waals surface area contributed by atoms with Crippen LogP contribution in [0.25, 0.3) is 11.8 Å². The van der Waals surface area contributed by atoms with Crippen molar-refractivity contribution in [3.8, 4) is 5.69 Å². The minimum atomic E-state index is -0.498. The van der Waals surface area contributed by atoms with Crippen LogP contribution in [0.4, 0.5) is 10.5 Å². The number of halogens is 1. The summed E-state index contributed by atoms with van der Waals surface area (Å²) in [5.74, 6) is -0.417. The topological polar surface area (TPSA) is 54.3 Å². The molecule has 5 nitrogen and oxygen atoms in total. The van der Waals surface area contributed by atoms with E-state index in [4.69, 9.17) is 11.6 Å². The molecule has 3 aromatic rings. The molecule has 134 valence electrons. The number of hydrogen-bond donors (Lipinski definition) is 1. The van der Waals surface area contributed by atoms with Crippen LogP contribution < -0.4 is 10.2 Å². The summed E-state index contributed by atoms with van der Waals surface area (Å²) < 4.78 is 1.98. The number of aryl methyl sites for hydroxylation is 1. The van der Waals surface area contributed by atoms with Gasteiger partial charge in [0.1, 0.15) is 5.70 Å². The third kappa shape index (κ3) is 3.13. The number of hydrogen-bond acceptors (Lipinski definition) is 2. The lowest BCUT2D eigenvalue weighted by molar-refractivity contribution is -0.113. The van der Waals surface area contributed by atoms with Crippen molar-refractivity contribution < 1.29 is 9.59 Å². The molecule has 1 aliphatic rings. The Morgan fingerprint density at radius 1 is 1.00 bits per heavy atom. The summed E-state index contributed by atoms with van der Waals surface area (Å²) in [4.78, 5) is 26.2. The lowest BCUT2D eigenvalue weighted by Gasteiger charge is -2.12. The summed E-state index contributed by atoms with van der Waals surface area (Å²) in [5.41, 5.74) is 3.56. The maximum Gasteiger partial charge on any atom is 0.333 e. The van der Waals surface area contributed by atoms with E-state index >= 15 is 0 Å². The highest BCUT2D eigenvalue weighted by Gasteiger charge is 2.35. The number of carbonyl (C=O) groups excluding carboxylic acids is 2. The second-order valence-electron chi connectivity index (χ2n) is 6.20. The summed E-state index contributed by atoms with van der Waals surface area (Å²) in [6.45, 7) is 2.02. The first-order valence-electron chi connectivity index (χ1n) is 8.40. The maximum atomic E-state index is 12.8. The smallest absolute Gasteiger partial charge is 0.317 e. The number of carbonyl (C=O) groups is 2. The molecule has 0 atom stereocenters. The van der Waals surface area contributed by atoms with Gasteiger partial charge in [-0.15, -0.1) is 0 Å². The van der Waals surface area contributed by atoms with Crippen LogP contribution in [0, 0.1) is 6.92 Å². The predicted molar refractivity (Wildman–Crippen MR) is 106 cm³/mol. The number of benzene rings is 2. The normalized spacial score (nSPS) is 15.5. The van der Waals surface area contributed by atoms with Crippen molar-refractivity contribution in [2.24, 2.45) is 0 Å². The molecule has 1 aromatic heterocycles. The minimum absolute atomic E-state index is 0.216. The van der Waals surface area contributed by atoms with Crippen LogP contribution in [0.2, 0.25) is 5.02 Å². The quantitative estimate of drug-likeness (QED) is 0.538. The van der Waals surface area contributed by atoms with Gasteiger partial charge in [-0.25, -0.2) is 9.69 Å². The SMILES string of the molecule is Cc1ccccc1-n1cccc1C=C1NC(=O)N(c2cccc(Cl)c2)C1=O. The van der Waals surface area contributed by atoms with Gasteiger partial charge in [0.25, 0.3) is 5.91 Å². The summed E-state index contributed by atoms with van der Waals surface area (Å²) in [5, 5.41) is 3.10. The van der Waals surface area contributed by atoms with Gasteiger partial charge in [0.15, 0.2) is 0 Å². The first kappa shape index (κ1) is 17.1. The van der Waals surface area contributed by atoms with Crippen molar-refractivity contribution >= 4 is 35.3 Å². The third-order valence-electron chi connectivity index (χ3n) is 4.39. The molecule has 2 aromatic carbocycles. The first-order valence-corrected chi connectivity index (χ1v) is 8.78. The van der Waals surface area contributed by atoms with Gasteiger partial charge in [-0.3, -0.25) is 4.79 Å². The Morgan fingerprint density at radius 3 is 2.59 bits per heavy atom. The van der Waals surface area contributed by atoms with E-state index in [0.717, 1.165) is 21.8 Å². The monoisotopic (exact) mass is 377 g/mol. The molecule has 0 bridgehead atoms. The average molecular weight is 378 g/mol. The first-order chi connectivity index (χ1) is 13.0. The largest absolute Gasteiger partial charge is 0.333 e. The Balaban J connectivity index is 1.71. The second-order valence-corrected chi connectivity index (χ2v) is 6.63. The second kappa shape index (κ2) is 6.78. The highest BCUT2D eigenvalue weighted by Crippen LogP contribution is 2.25. The molecular weight excluding hydrogens is 362 g/mol. The zero-order valence-electron chi connectivity index (χ0n) is 14.5. The lowest BCUT2D eigenvalue weighted by Crippen LogP contribution is -2.30. The molecule has 1 N–H and O–H groups in total. The van der Waals surface area contributed by atoms with Gasteiger partial charge in [0.05, 0.1) is 5.69 Å². The van der Waals surface area contributed by atoms with E-state index in [0.29, 0.717) is 10.7 Å². The molecule has 27 heavy (non-hydrogen) atoms. The zero-order chi connectivity index (χ0) is 19.0. The Morgan fingerprint density at radius 2 is 1.81 bits per heavy atom. The zero-order valence-corrected chi connectivity index (χ0v) is 15.3. The summed E-state index contributed by atoms with van der Waals surface area (Å²) in [6, 6.07) is 17.9. The summed E-state index contributed by atoms with van der Waals surface area (Å²) >= 11 is 5.99. The van der Waals surface area contributed by atoms with Crippen molar-refractivity contribution in [1.29, 1.82) is 0 Å². The number of aromatic nitrogens is 1. The molecule has 2 heterocycles. The van der Waals surface area contributed by atoms with Crippen molar-refractivity contribution in [3.63, 3.8) is 0 Å². The van der Waals surface area contributed by atoms with E-state index in [1.165, 1.54) is 0 Å². The van der Waals surface area contributed by atoms with E-state index in [1.807, 2.05) is 54.1 Å². The molecule has 1 fully saturated rings. The molecule has 0 unspecified atom stereocenters. The number of para-hydroxylation sites is 1. The fraction of sp³-hybridized carbons (Fsp3) is 0.0476. The number of imide groups is 1. The Hall–Kier alpha value is -3.31. The fourth-order valence-corrected chi connectivity index (χ4v) is 3.28. The lowest BCUT2D eigenvalue weighted by atomic mass is 10.2. The molecule has 3 amide bonds. The predicted octanol–water partition coefficient (Wildman–Crippen LogP) is 4.54. The van der Waals surface area contributed by atoms with Crippen LogP contribution in [0.1, 0.15) is 11.3 Å². The van der Waals surface area contributed by atoms with E-state index in [1.54, 1.807) is 30.3 Å². The van der Waals surface area contributed by atoms with Crippen molar-refractivity contribution in [2.75, 3.05) is 4.90 Å². The van der Waals surface area contributed by atoms with Crippen LogP contribution in [-0.4, -0.2) is 16.5 Å². The van der Waals surface area contributed by atoms with E-state index in [-0.39, 0.29) is 5.70 Å². The molecule has 0 spiro atoms. The number of rotatable bonds is 3. The Labute approximate surface area is 161 Å². The molecule has 0 aliphatic carbocycles. The van der Waals surface area contributed by atoms with Gasteiger partial charge in [0, 0.05) is 22.6 Å². The van der Waals surface area contributed by atoms with Gasteiger partial charge in [0.2, 0.25) is 0 Å². The van der Waals surface area contributed by atoms with Gasteiger partial charge in [-0.1, -0.05) is 35.9 Å². The highest BCUT2D eigenvalue weighted by atomic mass is 35.5. The number of urea groups is 1. The highest BCUT2D eigenvalue weighted by molar-refractivity contribution is 6.32. The third-order valence-corrected chi connectivity index (χ3v) is 4.63. The van der Waals surface area contributed by atoms with Crippen LogP contribution in [-0.2, 0) is 4.79 Å². The average Bonchev–Trinajstić information content (AvgIpc) is 3.20. The maximum absolute atomic E-state index is 12.8. The number of amides is 3.